The van der Waals surface area contributed by atoms with Gasteiger partial charge in [0.15, 0.2) is 5.82 Å². The van der Waals surface area contributed by atoms with E-state index in [9.17, 15) is 10.0 Å². The molecule has 0 atom stereocenters. The molecular weight excluding hydrogens is 1300 g/mol. The molecule has 0 spiro atoms. The zero-order valence-electron chi connectivity index (χ0n) is 53.5. The van der Waals surface area contributed by atoms with E-state index in [1.54, 1.807) is 6.07 Å². The van der Waals surface area contributed by atoms with Crippen LogP contribution in [0, 0.1) is 0 Å². The molecule has 0 aliphatic heterocycles. The van der Waals surface area contributed by atoms with Crippen LogP contribution in [0.4, 0.5) is 0 Å². The Morgan fingerprint density at radius 3 is 1.17 bits per heavy atom. The van der Waals surface area contributed by atoms with Gasteiger partial charge in [-0.05, 0) is 112 Å². The van der Waals surface area contributed by atoms with Crippen molar-refractivity contribution in [3.8, 4) is 67.5 Å². The maximum atomic E-state index is 9.73. The van der Waals surface area contributed by atoms with Gasteiger partial charge in [0.25, 0.3) is 0 Å². The van der Waals surface area contributed by atoms with Gasteiger partial charge in [-0.2, -0.15) is 0 Å². The summed E-state index contributed by atoms with van der Waals surface area (Å²) in [5.41, 5.74) is 18.6. The molecule has 101 heavy (non-hydrogen) atoms. The van der Waals surface area contributed by atoms with E-state index in [2.05, 4.69) is 256 Å². The number of rotatable bonds is 8. The van der Waals surface area contributed by atoms with Crippen LogP contribution in [-0.4, -0.2) is 46.2 Å². The lowest BCUT2D eigenvalue weighted by Gasteiger charge is -2.11. The largest absolute Gasteiger partial charge is 0.488 e. The third-order valence-electron chi connectivity index (χ3n) is 18.9. The molecule has 0 radical (unpaired) electrons. The Hall–Kier alpha value is -11.9. The van der Waals surface area contributed by atoms with Gasteiger partial charge in [-0.3, -0.25) is 0 Å². The van der Waals surface area contributed by atoms with Crippen LogP contribution in [0.3, 0.4) is 0 Å². The van der Waals surface area contributed by atoms with Crippen molar-refractivity contribution in [2.75, 3.05) is 0 Å². The van der Waals surface area contributed by atoms with E-state index in [1.165, 1.54) is 84.3 Å². The topological polar surface area (TPSA) is 102 Å². The first-order chi connectivity index (χ1) is 49.3. The van der Waals surface area contributed by atoms with Crippen molar-refractivity contribution < 1.29 is 10.0 Å². The van der Waals surface area contributed by atoms with Crippen LogP contribution in [0.2, 0.25) is 5.28 Å². The Morgan fingerprint density at radius 1 is 0.297 bits per heavy atom. The van der Waals surface area contributed by atoms with Gasteiger partial charge in [-0.25, -0.2) is 19.9 Å². The van der Waals surface area contributed by atoms with Gasteiger partial charge in [0.2, 0.25) is 5.28 Å². The number of fused-ring (bicyclic) bond motifs is 16. The number of aromatic nitrogens is 6. The fourth-order valence-corrected chi connectivity index (χ4v) is 16.9. The molecule has 0 saturated heterocycles. The molecule has 0 amide bonds. The smallest absolute Gasteiger partial charge is 0.423 e. The van der Waals surface area contributed by atoms with Crippen molar-refractivity contribution in [3.63, 3.8) is 0 Å². The van der Waals surface area contributed by atoms with Crippen LogP contribution in [0.15, 0.2) is 328 Å². The summed E-state index contributed by atoms with van der Waals surface area (Å²) in [4.78, 5) is 19.1. The van der Waals surface area contributed by atoms with Crippen molar-refractivity contribution >= 4 is 153 Å². The number of para-hydroxylation sites is 4. The molecule has 12 heteroatoms. The third kappa shape index (κ3) is 11.3. The lowest BCUT2D eigenvalue weighted by molar-refractivity contribution is 0.426. The second-order valence-electron chi connectivity index (χ2n) is 24.8. The van der Waals surface area contributed by atoms with Gasteiger partial charge < -0.3 is 19.2 Å². The quantitative estimate of drug-likeness (QED) is 0.116. The molecule has 0 bridgehead atoms. The Morgan fingerprint density at radius 2 is 0.673 bits per heavy atom. The average Bonchev–Trinajstić information content (AvgIpc) is 1.58. The van der Waals surface area contributed by atoms with Crippen molar-refractivity contribution in [3.05, 3.63) is 333 Å². The van der Waals surface area contributed by atoms with E-state index < -0.39 is 7.12 Å². The highest BCUT2D eigenvalue weighted by Crippen LogP contribution is 2.46. The second kappa shape index (κ2) is 26.4. The van der Waals surface area contributed by atoms with Crippen molar-refractivity contribution in [2.24, 2.45) is 0 Å². The minimum absolute atomic E-state index is 0. The standard InChI is InChI=1S/C44H27N3S.C24H16BNO2S.C20H13ClN2.CH4/c1-3-11-28(12-4-1)29-19-21-30(22-20-29)42-35-16-7-9-17-37(35)45-44(46-42)31-23-24-36-39(27-31)47(32-13-5-2-6-14-32)38-26-25-34-33-15-8-10-18-40(33)48-43(34)41(36)38;27-25(28)15-10-11-19-21(14-15)26(16-6-2-1-3-7-16)20-13-12-18-17-8-4-5-9-22(17)29-24(18)23(19)20;21-20-22-18-9-5-4-8-17(18)19(23-20)16-12-10-15(11-13-16)14-6-2-1-3-7-14;/h1-27H;1-14,27-28H;1-13H;1H4. The van der Waals surface area contributed by atoms with E-state index in [1.807, 2.05) is 108 Å². The molecular formula is C89H60BClN6O2S2. The summed E-state index contributed by atoms with van der Waals surface area (Å²) in [5.74, 6) is 0.717. The number of hydrogen-bond donors (Lipinski definition) is 2. The minimum atomic E-state index is -1.49. The van der Waals surface area contributed by atoms with Crippen molar-refractivity contribution in [1.29, 1.82) is 0 Å². The monoisotopic (exact) mass is 1350 g/mol. The van der Waals surface area contributed by atoms with E-state index in [0.29, 0.717) is 5.46 Å². The van der Waals surface area contributed by atoms with Crippen molar-refractivity contribution in [2.45, 2.75) is 7.43 Å². The molecule has 0 unspecified atom stereocenters. The van der Waals surface area contributed by atoms with Gasteiger partial charge in [-0.1, -0.05) is 262 Å². The molecule has 2 N–H and O–H groups in total. The van der Waals surface area contributed by atoms with Gasteiger partial charge in [-0.15, -0.1) is 22.7 Å². The Bertz CT molecular complexity index is 6500. The molecule has 20 rings (SSSR count). The molecule has 6 aromatic heterocycles. The van der Waals surface area contributed by atoms with Crippen LogP contribution < -0.4 is 5.46 Å². The molecule has 0 fully saturated rings. The normalized spacial score (nSPS) is 11.4. The Labute approximate surface area is 595 Å². The first kappa shape index (κ1) is 62.6. The van der Waals surface area contributed by atoms with Gasteiger partial charge >= 0.3 is 7.12 Å². The van der Waals surface area contributed by atoms with E-state index in [0.717, 1.165) is 89.0 Å². The SMILES string of the molecule is C.Clc1nc(-c2ccc(-c3ccccc3)cc2)c2ccccc2n1.OB(O)c1ccc2c3c4sc5ccccc5c4ccc3n(-c3ccccc3)c2c1.c1ccc(-c2ccc(-c3nc(-c4ccc5c6c7sc8ccccc8c7ccc6n(-c6ccccc6)c5c4)nc4ccccc34)cc2)cc1. The van der Waals surface area contributed by atoms with Gasteiger partial charge in [0, 0.05) is 101 Å². The predicted octanol–water partition coefficient (Wildman–Crippen LogP) is 23.2. The average molecular weight is 1360 g/mol. The second-order valence-corrected chi connectivity index (χ2v) is 27.2. The number of thiophene rings is 2. The molecule has 0 aliphatic carbocycles. The summed E-state index contributed by atoms with van der Waals surface area (Å²) >= 11 is 9.77. The molecule has 0 saturated carbocycles. The number of nitrogens with zero attached hydrogens (tertiary/aromatic N) is 6. The number of halogens is 1. The predicted molar refractivity (Wildman–Crippen MR) is 429 cm³/mol. The Kier molecular flexibility index (Phi) is 16.4. The molecule has 6 heterocycles. The fourth-order valence-electron chi connectivity index (χ4n) is 14.2. The van der Waals surface area contributed by atoms with E-state index in [-0.39, 0.29) is 12.7 Å². The highest BCUT2D eigenvalue weighted by atomic mass is 35.5. The van der Waals surface area contributed by atoms with E-state index >= 15 is 0 Å². The van der Waals surface area contributed by atoms with Gasteiger partial charge in [0.1, 0.15) is 0 Å². The lowest BCUT2D eigenvalue weighted by Crippen LogP contribution is -2.29. The maximum Gasteiger partial charge on any atom is 0.488 e. The van der Waals surface area contributed by atoms with Gasteiger partial charge in [0.05, 0.1) is 44.5 Å². The summed E-state index contributed by atoms with van der Waals surface area (Å²) in [6.45, 7) is 0. The first-order valence-corrected chi connectivity index (χ1v) is 35.1. The fraction of sp³-hybridized carbons (Fsp3) is 0.0112. The molecule has 20 aromatic rings. The molecule has 8 nitrogen and oxygen atoms in total. The lowest BCUT2D eigenvalue weighted by atomic mass is 9.80. The highest BCUT2D eigenvalue weighted by molar-refractivity contribution is 7.27. The molecule has 0 aliphatic rings. The summed E-state index contributed by atoms with van der Waals surface area (Å²) in [5, 5.41) is 31.8. The summed E-state index contributed by atoms with van der Waals surface area (Å²) in [6, 6.07) is 114. The van der Waals surface area contributed by atoms with E-state index in [4.69, 9.17) is 21.6 Å². The third-order valence-corrected chi connectivity index (χ3v) is 21.4. The highest BCUT2D eigenvalue weighted by Gasteiger charge is 2.23. The van der Waals surface area contributed by atoms with Crippen LogP contribution in [-0.2, 0) is 0 Å². The summed E-state index contributed by atoms with van der Waals surface area (Å²) in [7, 11) is -1.49. The minimum Gasteiger partial charge on any atom is -0.423 e. The number of benzene rings is 14. The summed E-state index contributed by atoms with van der Waals surface area (Å²) in [6.07, 6.45) is 0. The Balaban J connectivity index is 0.000000122. The molecule has 14 aromatic carbocycles. The van der Waals surface area contributed by atoms with Crippen LogP contribution in [0.25, 0.3) is 173 Å². The van der Waals surface area contributed by atoms with Crippen LogP contribution >= 0.6 is 34.3 Å². The first-order valence-electron chi connectivity index (χ1n) is 33.1. The van der Waals surface area contributed by atoms with Crippen LogP contribution in [0.1, 0.15) is 7.43 Å². The molecule has 480 valence electrons. The number of hydrogen-bond acceptors (Lipinski definition) is 8. The zero-order valence-corrected chi connectivity index (χ0v) is 55.9. The zero-order chi connectivity index (χ0) is 66.8. The van der Waals surface area contributed by atoms with Crippen molar-refractivity contribution in [1.82, 2.24) is 29.1 Å². The van der Waals surface area contributed by atoms with Crippen LogP contribution in [0.5, 0.6) is 0 Å². The summed E-state index contributed by atoms with van der Waals surface area (Å²) < 4.78 is 9.77. The maximum absolute atomic E-state index is 9.73.